The Kier molecular flexibility index (Phi) is 6.04. The molecule has 5 nitrogen and oxygen atoms in total. The summed E-state index contributed by atoms with van der Waals surface area (Å²) in [7, 11) is 0. The van der Waals surface area contributed by atoms with Crippen LogP contribution in [-0.2, 0) is 24.3 Å². The van der Waals surface area contributed by atoms with Crippen molar-refractivity contribution in [2.45, 2.75) is 39.8 Å². The molecule has 2 aromatic carbocycles. The van der Waals surface area contributed by atoms with E-state index in [2.05, 4.69) is 6.07 Å². The van der Waals surface area contributed by atoms with Crippen LogP contribution in [-0.4, -0.2) is 27.1 Å². The Morgan fingerprint density at radius 3 is 2.75 bits per heavy atom. The Bertz CT molecular complexity index is 1210. The molecule has 0 bridgehead atoms. The summed E-state index contributed by atoms with van der Waals surface area (Å²) in [5.41, 5.74) is 4.15. The SMILES string of the molecule is CC(C)CC(=O)N1CCc2c(c(-c3cccc(C#N)c3)nn2Cc2ccc(F)cc2F)C1. The van der Waals surface area contributed by atoms with Gasteiger partial charge in [0.25, 0.3) is 0 Å². The summed E-state index contributed by atoms with van der Waals surface area (Å²) in [6.07, 6.45) is 1.07. The number of amides is 1. The van der Waals surface area contributed by atoms with Crippen LogP contribution in [0.2, 0.25) is 0 Å². The minimum absolute atomic E-state index is 0.0969. The number of hydrogen-bond donors (Lipinski definition) is 0. The van der Waals surface area contributed by atoms with E-state index in [1.54, 1.807) is 22.9 Å². The Morgan fingerprint density at radius 2 is 2.03 bits per heavy atom. The number of nitriles is 1. The number of carbonyl (C=O) groups excluding carboxylic acids is 1. The van der Waals surface area contributed by atoms with E-state index in [4.69, 9.17) is 5.10 Å². The highest BCUT2D eigenvalue weighted by atomic mass is 19.1. The van der Waals surface area contributed by atoms with Gasteiger partial charge in [0.1, 0.15) is 11.6 Å². The zero-order valence-electron chi connectivity index (χ0n) is 18.1. The van der Waals surface area contributed by atoms with Gasteiger partial charge in [0.2, 0.25) is 5.91 Å². The van der Waals surface area contributed by atoms with Gasteiger partial charge in [-0.25, -0.2) is 8.78 Å². The minimum atomic E-state index is -0.623. The molecule has 1 aliphatic heterocycles. The zero-order valence-corrected chi connectivity index (χ0v) is 18.1. The first kappa shape index (κ1) is 21.7. The van der Waals surface area contributed by atoms with Crippen molar-refractivity contribution in [2.75, 3.05) is 6.54 Å². The molecule has 4 rings (SSSR count). The van der Waals surface area contributed by atoms with Gasteiger partial charge >= 0.3 is 0 Å². The molecule has 3 aromatic rings. The largest absolute Gasteiger partial charge is 0.338 e. The van der Waals surface area contributed by atoms with Crippen molar-refractivity contribution >= 4 is 5.91 Å². The summed E-state index contributed by atoms with van der Waals surface area (Å²) in [5, 5.41) is 14.1. The lowest BCUT2D eigenvalue weighted by molar-refractivity contribution is -0.132. The highest BCUT2D eigenvalue weighted by Gasteiger charge is 2.28. The fourth-order valence-corrected chi connectivity index (χ4v) is 4.09. The first-order chi connectivity index (χ1) is 15.4. The van der Waals surface area contributed by atoms with Crippen molar-refractivity contribution < 1.29 is 13.6 Å². The molecule has 0 atom stereocenters. The van der Waals surface area contributed by atoms with Gasteiger partial charge < -0.3 is 4.90 Å². The van der Waals surface area contributed by atoms with Gasteiger partial charge in [0, 0.05) is 54.4 Å². The molecule has 2 heterocycles. The standard InChI is InChI=1S/C25H24F2N4O/c1-16(2)10-24(32)30-9-8-23-21(15-30)25(18-5-3-4-17(11-18)13-28)29-31(23)14-19-6-7-20(26)12-22(19)27/h3-7,11-12,16H,8-10,14-15H2,1-2H3. The number of benzene rings is 2. The molecular weight excluding hydrogens is 410 g/mol. The number of rotatable bonds is 5. The first-order valence-corrected chi connectivity index (χ1v) is 10.7. The van der Waals surface area contributed by atoms with Gasteiger partial charge in [-0.05, 0) is 24.1 Å². The van der Waals surface area contributed by atoms with Crippen molar-refractivity contribution in [1.82, 2.24) is 14.7 Å². The summed E-state index contributed by atoms with van der Waals surface area (Å²) >= 11 is 0. The Labute approximate surface area is 185 Å². The number of fused-ring (bicyclic) bond motifs is 1. The smallest absolute Gasteiger partial charge is 0.223 e. The second-order valence-electron chi connectivity index (χ2n) is 8.52. The van der Waals surface area contributed by atoms with Gasteiger partial charge in [-0.3, -0.25) is 9.48 Å². The van der Waals surface area contributed by atoms with Crippen molar-refractivity contribution in [1.29, 1.82) is 5.26 Å². The molecule has 0 spiro atoms. The molecule has 0 unspecified atom stereocenters. The van der Waals surface area contributed by atoms with Crippen molar-refractivity contribution in [2.24, 2.45) is 5.92 Å². The molecule has 164 valence electrons. The van der Waals surface area contributed by atoms with Crippen LogP contribution in [0.25, 0.3) is 11.3 Å². The maximum atomic E-state index is 14.3. The van der Waals surface area contributed by atoms with Gasteiger partial charge in [-0.1, -0.05) is 32.0 Å². The predicted octanol–water partition coefficient (Wildman–Crippen LogP) is 4.68. The molecule has 0 saturated carbocycles. The summed E-state index contributed by atoms with van der Waals surface area (Å²) in [4.78, 5) is 14.5. The maximum absolute atomic E-state index is 14.3. The monoisotopic (exact) mass is 434 g/mol. The summed E-state index contributed by atoms with van der Waals surface area (Å²) in [6, 6.07) is 12.8. The predicted molar refractivity (Wildman–Crippen MR) is 116 cm³/mol. The van der Waals surface area contributed by atoms with E-state index in [1.165, 1.54) is 12.1 Å². The summed E-state index contributed by atoms with van der Waals surface area (Å²) < 4.78 is 29.4. The van der Waals surface area contributed by atoms with Crippen LogP contribution < -0.4 is 0 Å². The van der Waals surface area contributed by atoms with Crippen molar-refractivity contribution in [3.8, 4) is 17.3 Å². The first-order valence-electron chi connectivity index (χ1n) is 10.7. The van der Waals surface area contributed by atoms with Crippen molar-refractivity contribution in [3.63, 3.8) is 0 Å². The zero-order chi connectivity index (χ0) is 22.8. The lowest BCUT2D eigenvalue weighted by atomic mass is 9.99. The number of aromatic nitrogens is 2. The average molecular weight is 434 g/mol. The lowest BCUT2D eigenvalue weighted by Crippen LogP contribution is -2.37. The molecular formula is C25H24F2N4O. The second kappa shape index (κ2) is 8.91. The molecule has 32 heavy (non-hydrogen) atoms. The third kappa shape index (κ3) is 4.40. The summed E-state index contributed by atoms with van der Waals surface area (Å²) in [6.45, 7) is 5.17. The van der Waals surface area contributed by atoms with Crippen LogP contribution in [0, 0.1) is 28.9 Å². The third-order valence-electron chi connectivity index (χ3n) is 5.67. The van der Waals surface area contributed by atoms with Gasteiger partial charge in [0.15, 0.2) is 0 Å². The number of halogens is 2. The normalized spacial score (nSPS) is 13.2. The van der Waals surface area contributed by atoms with E-state index in [1.807, 2.05) is 24.8 Å². The Hall–Kier alpha value is -3.53. The van der Waals surface area contributed by atoms with E-state index in [9.17, 15) is 18.8 Å². The molecule has 0 fully saturated rings. The van der Waals surface area contributed by atoms with E-state index < -0.39 is 11.6 Å². The average Bonchev–Trinajstić information content (AvgIpc) is 3.13. The van der Waals surface area contributed by atoms with E-state index in [-0.39, 0.29) is 18.4 Å². The molecule has 0 saturated heterocycles. The van der Waals surface area contributed by atoms with E-state index >= 15 is 0 Å². The minimum Gasteiger partial charge on any atom is -0.338 e. The summed E-state index contributed by atoms with van der Waals surface area (Å²) in [5.74, 6) is -0.881. The fourth-order valence-electron chi connectivity index (χ4n) is 4.09. The van der Waals surface area contributed by atoms with Gasteiger partial charge in [0.05, 0.1) is 23.9 Å². The number of carbonyl (C=O) groups is 1. The van der Waals surface area contributed by atoms with Crippen LogP contribution in [0.1, 0.15) is 42.7 Å². The van der Waals surface area contributed by atoms with Crippen LogP contribution in [0.15, 0.2) is 42.5 Å². The van der Waals surface area contributed by atoms with Crippen LogP contribution >= 0.6 is 0 Å². The Balaban J connectivity index is 1.75. The molecule has 0 aliphatic carbocycles. The molecule has 1 aliphatic rings. The lowest BCUT2D eigenvalue weighted by Gasteiger charge is -2.28. The Morgan fingerprint density at radius 1 is 1.22 bits per heavy atom. The molecule has 0 radical (unpaired) electrons. The highest BCUT2D eigenvalue weighted by Crippen LogP contribution is 2.31. The van der Waals surface area contributed by atoms with Crippen LogP contribution in [0.4, 0.5) is 8.78 Å². The van der Waals surface area contributed by atoms with E-state index in [0.717, 1.165) is 22.9 Å². The van der Waals surface area contributed by atoms with Crippen molar-refractivity contribution in [3.05, 3.63) is 76.5 Å². The third-order valence-corrected chi connectivity index (χ3v) is 5.67. The highest BCUT2D eigenvalue weighted by molar-refractivity contribution is 5.77. The van der Waals surface area contributed by atoms with E-state index in [0.29, 0.717) is 42.8 Å². The van der Waals surface area contributed by atoms with Crippen LogP contribution in [0.5, 0.6) is 0 Å². The molecule has 1 amide bonds. The molecule has 1 aromatic heterocycles. The maximum Gasteiger partial charge on any atom is 0.223 e. The fraction of sp³-hybridized carbons (Fsp3) is 0.320. The second-order valence-corrected chi connectivity index (χ2v) is 8.52. The molecule has 7 heteroatoms. The number of hydrogen-bond acceptors (Lipinski definition) is 3. The number of nitrogens with zero attached hydrogens (tertiary/aromatic N) is 4. The van der Waals surface area contributed by atoms with Gasteiger partial charge in [-0.15, -0.1) is 0 Å². The molecule has 0 N–H and O–H groups in total. The van der Waals surface area contributed by atoms with Crippen LogP contribution in [0.3, 0.4) is 0 Å². The quantitative estimate of drug-likeness (QED) is 0.586. The van der Waals surface area contributed by atoms with Gasteiger partial charge in [-0.2, -0.15) is 10.4 Å². The topological polar surface area (TPSA) is 61.9 Å².